The maximum atomic E-state index is 12.9. The molecular weight excluding hydrogens is 418 g/mol. The highest BCUT2D eigenvalue weighted by molar-refractivity contribution is 7.21. The summed E-state index contributed by atoms with van der Waals surface area (Å²) in [5.74, 6) is 0.294. The molecule has 0 atom stereocenters. The van der Waals surface area contributed by atoms with Gasteiger partial charge in [-0.2, -0.15) is 0 Å². The van der Waals surface area contributed by atoms with Crippen molar-refractivity contribution in [2.24, 2.45) is 0 Å². The molecular formula is C21H21N5O2S2. The molecule has 30 heavy (non-hydrogen) atoms. The molecule has 0 saturated carbocycles. The van der Waals surface area contributed by atoms with Crippen LogP contribution in [-0.4, -0.2) is 39.9 Å². The van der Waals surface area contributed by atoms with E-state index in [1.54, 1.807) is 6.92 Å². The number of anilines is 1. The van der Waals surface area contributed by atoms with E-state index < -0.39 is 0 Å². The summed E-state index contributed by atoms with van der Waals surface area (Å²) in [5, 5.41) is 5.75. The first kappa shape index (κ1) is 20.4. The lowest BCUT2D eigenvalue weighted by Crippen LogP contribution is -2.18. The summed E-state index contributed by atoms with van der Waals surface area (Å²) in [6, 6.07) is 8.08. The highest BCUT2D eigenvalue weighted by Gasteiger charge is 2.20. The van der Waals surface area contributed by atoms with E-state index in [0.717, 1.165) is 11.3 Å². The molecule has 4 aromatic rings. The molecule has 7 nitrogen and oxygen atoms in total. The third kappa shape index (κ3) is 4.04. The fraction of sp³-hybridized carbons (Fsp3) is 0.238. The Kier molecular flexibility index (Phi) is 5.50. The number of rotatable bonds is 5. The Morgan fingerprint density at radius 3 is 2.60 bits per heavy atom. The highest BCUT2D eigenvalue weighted by atomic mass is 32.1. The minimum Gasteiger partial charge on any atom is -0.309 e. The lowest BCUT2D eigenvalue weighted by atomic mass is 10.1. The van der Waals surface area contributed by atoms with Crippen LogP contribution in [0.2, 0.25) is 0 Å². The minimum absolute atomic E-state index is 0.222. The molecule has 2 N–H and O–H groups in total. The number of carbonyl (C=O) groups is 1. The van der Waals surface area contributed by atoms with Gasteiger partial charge in [0.15, 0.2) is 5.13 Å². The van der Waals surface area contributed by atoms with Crippen molar-refractivity contribution >= 4 is 43.9 Å². The number of H-pyrrole nitrogens is 1. The van der Waals surface area contributed by atoms with Crippen LogP contribution in [-0.2, 0) is 6.54 Å². The topological polar surface area (TPSA) is 91.0 Å². The van der Waals surface area contributed by atoms with Gasteiger partial charge in [-0.05, 0) is 33.5 Å². The fourth-order valence-corrected chi connectivity index (χ4v) is 4.93. The van der Waals surface area contributed by atoms with Crippen LogP contribution in [0.4, 0.5) is 5.13 Å². The number of fused-ring (bicyclic) bond motifs is 1. The number of aromatic nitrogens is 3. The first-order chi connectivity index (χ1) is 14.3. The number of hydrogen-bond donors (Lipinski definition) is 2. The fourth-order valence-electron chi connectivity index (χ4n) is 3.12. The predicted octanol–water partition coefficient (Wildman–Crippen LogP) is 4.04. The Labute approximate surface area is 181 Å². The molecule has 9 heteroatoms. The monoisotopic (exact) mass is 439 g/mol. The molecule has 154 valence electrons. The molecule has 4 rings (SSSR count). The third-order valence-electron chi connectivity index (χ3n) is 4.59. The number of nitrogens with one attached hydrogen (secondary N) is 2. The number of carbonyl (C=O) groups excluding carboxylic acids is 1. The van der Waals surface area contributed by atoms with Gasteiger partial charge in [-0.15, -0.1) is 22.7 Å². The van der Waals surface area contributed by atoms with Crippen molar-refractivity contribution in [1.82, 2.24) is 19.9 Å². The van der Waals surface area contributed by atoms with Crippen molar-refractivity contribution in [2.45, 2.75) is 20.4 Å². The maximum Gasteiger partial charge on any atom is 0.267 e. The van der Waals surface area contributed by atoms with Crippen LogP contribution in [0, 0.1) is 13.8 Å². The van der Waals surface area contributed by atoms with Crippen LogP contribution in [0.15, 0.2) is 34.4 Å². The second kappa shape index (κ2) is 8.10. The van der Waals surface area contributed by atoms with Crippen LogP contribution in [0.25, 0.3) is 21.5 Å². The normalized spacial score (nSPS) is 11.4. The summed E-state index contributed by atoms with van der Waals surface area (Å²) in [5.41, 5.74) is 3.41. The van der Waals surface area contributed by atoms with Crippen molar-refractivity contribution in [2.75, 3.05) is 19.4 Å². The van der Waals surface area contributed by atoms with Gasteiger partial charge >= 0.3 is 0 Å². The molecule has 0 unspecified atom stereocenters. The molecule has 0 bridgehead atoms. The van der Waals surface area contributed by atoms with Crippen molar-refractivity contribution in [1.29, 1.82) is 0 Å². The molecule has 0 aliphatic heterocycles. The van der Waals surface area contributed by atoms with Crippen molar-refractivity contribution in [3.63, 3.8) is 0 Å². The summed E-state index contributed by atoms with van der Waals surface area (Å²) in [4.78, 5) is 40.2. The first-order valence-electron chi connectivity index (χ1n) is 9.33. The first-order valence-corrected chi connectivity index (χ1v) is 11.0. The summed E-state index contributed by atoms with van der Waals surface area (Å²) >= 11 is 2.60. The Bertz CT molecular complexity index is 1290. The SMILES string of the molecule is Cc1ccc(-c2csc(NC(=O)c3sc4nc(CN(C)C)[nH]c(=O)c4c3C)n2)cc1. The zero-order chi connectivity index (χ0) is 21.4. The van der Waals surface area contributed by atoms with Crippen LogP contribution in [0.3, 0.4) is 0 Å². The Morgan fingerprint density at radius 1 is 1.17 bits per heavy atom. The Morgan fingerprint density at radius 2 is 1.90 bits per heavy atom. The zero-order valence-corrected chi connectivity index (χ0v) is 18.7. The van der Waals surface area contributed by atoms with Crippen molar-refractivity contribution < 1.29 is 4.79 Å². The molecule has 0 radical (unpaired) electrons. The van der Waals surface area contributed by atoms with Gasteiger partial charge in [-0.3, -0.25) is 14.9 Å². The quantitative estimate of drug-likeness (QED) is 0.490. The number of thiazole rings is 1. The minimum atomic E-state index is -0.283. The largest absolute Gasteiger partial charge is 0.309 e. The van der Waals surface area contributed by atoms with Crippen LogP contribution < -0.4 is 10.9 Å². The number of amides is 1. The number of aryl methyl sites for hydroxylation is 2. The molecule has 0 fully saturated rings. The number of aromatic amines is 1. The van der Waals surface area contributed by atoms with Gasteiger partial charge in [0.1, 0.15) is 10.7 Å². The molecule has 3 heterocycles. The molecule has 1 aromatic carbocycles. The smallest absolute Gasteiger partial charge is 0.267 e. The van der Waals surface area contributed by atoms with Gasteiger partial charge in [0, 0.05) is 10.9 Å². The molecule has 1 amide bonds. The third-order valence-corrected chi connectivity index (χ3v) is 6.54. The number of hydrogen-bond acceptors (Lipinski definition) is 7. The van der Waals surface area contributed by atoms with Crippen LogP contribution >= 0.6 is 22.7 Å². The number of thiophene rings is 1. The molecule has 0 spiro atoms. The summed E-state index contributed by atoms with van der Waals surface area (Å²) < 4.78 is 0. The van der Waals surface area contributed by atoms with Crippen molar-refractivity contribution in [3.8, 4) is 11.3 Å². The number of benzene rings is 1. The van der Waals surface area contributed by atoms with E-state index in [0.29, 0.717) is 38.2 Å². The van der Waals surface area contributed by atoms with E-state index in [4.69, 9.17) is 0 Å². The maximum absolute atomic E-state index is 12.9. The highest BCUT2D eigenvalue weighted by Crippen LogP contribution is 2.29. The van der Waals surface area contributed by atoms with E-state index in [9.17, 15) is 9.59 Å². The molecule has 0 aliphatic carbocycles. The van der Waals surface area contributed by atoms with Gasteiger partial charge < -0.3 is 9.88 Å². The van der Waals surface area contributed by atoms with Crippen LogP contribution in [0.1, 0.15) is 26.6 Å². The second-order valence-corrected chi connectivity index (χ2v) is 9.20. The zero-order valence-electron chi connectivity index (χ0n) is 17.1. The van der Waals surface area contributed by atoms with Crippen molar-refractivity contribution in [3.05, 3.63) is 61.8 Å². The van der Waals surface area contributed by atoms with Gasteiger partial charge in [0.2, 0.25) is 0 Å². The summed E-state index contributed by atoms with van der Waals surface area (Å²) in [6.07, 6.45) is 0. The second-order valence-electron chi connectivity index (χ2n) is 7.34. The lowest BCUT2D eigenvalue weighted by molar-refractivity contribution is 0.103. The predicted molar refractivity (Wildman–Crippen MR) is 123 cm³/mol. The summed E-state index contributed by atoms with van der Waals surface area (Å²) in [6.45, 7) is 4.33. The standard InChI is InChI=1S/C21H21N5O2S2/c1-11-5-7-13(8-6-11)14-10-29-21(22-14)25-19(28)17-12(2)16-18(27)23-15(9-26(3)4)24-20(16)30-17/h5-8,10H,9H2,1-4H3,(H,22,25,28)(H,23,24,27). The van der Waals surface area contributed by atoms with E-state index >= 15 is 0 Å². The van der Waals surface area contributed by atoms with Gasteiger partial charge in [0.05, 0.1) is 22.5 Å². The summed E-state index contributed by atoms with van der Waals surface area (Å²) in [7, 11) is 3.81. The van der Waals surface area contributed by atoms with E-state index in [1.165, 1.54) is 28.2 Å². The van der Waals surface area contributed by atoms with Gasteiger partial charge in [-0.25, -0.2) is 9.97 Å². The Balaban J connectivity index is 1.60. The van der Waals surface area contributed by atoms with E-state index in [2.05, 4.69) is 20.3 Å². The van der Waals surface area contributed by atoms with Gasteiger partial charge in [0.25, 0.3) is 11.5 Å². The van der Waals surface area contributed by atoms with Crippen LogP contribution in [0.5, 0.6) is 0 Å². The van der Waals surface area contributed by atoms with E-state index in [-0.39, 0.29) is 11.5 Å². The molecule has 0 aliphatic rings. The average molecular weight is 440 g/mol. The molecule has 3 aromatic heterocycles. The molecule has 0 saturated heterocycles. The van der Waals surface area contributed by atoms with E-state index in [1.807, 2.05) is 55.6 Å². The Hall–Kier alpha value is -2.88. The lowest BCUT2D eigenvalue weighted by Gasteiger charge is -2.07. The number of nitrogens with zero attached hydrogens (tertiary/aromatic N) is 3. The van der Waals surface area contributed by atoms with Gasteiger partial charge in [-0.1, -0.05) is 29.8 Å². The average Bonchev–Trinajstić information content (AvgIpc) is 3.26.